The van der Waals surface area contributed by atoms with E-state index in [0.29, 0.717) is 18.9 Å². The van der Waals surface area contributed by atoms with Crippen LogP contribution in [-0.2, 0) is 17.9 Å². The summed E-state index contributed by atoms with van der Waals surface area (Å²) in [7, 11) is 0. The van der Waals surface area contributed by atoms with Gasteiger partial charge in [-0.2, -0.15) is 5.26 Å². The molecule has 0 atom stereocenters. The van der Waals surface area contributed by atoms with Crippen LogP contribution in [0.4, 0.5) is 0 Å². The third-order valence-electron chi connectivity index (χ3n) is 4.18. The van der Waals surface area contributed by atoms with E-state index >= 15 is 0 Å². The fourth-order valence-corrected chi connectivity index (χ4v) is 2.77. The summed E-state index contributed by atoms with van der Waals surface area (Å²) in [4.78, 5) is 16.3. The first-order chi connectivity index (χ1) is 12.6. The van der Waals surface area contributed by atoms with Crippen molar-refractivity contribution in [2.45, 2.75) is 33.4 Å². The Labute approximate surface area is 151 Å². The number of carbonyl (C=O) groups excluding carboxylic acids is 1. The predicted octanol–water partition coefficient (Wildman–Crippen LogP) is 3.49. The van der Waals surface area contributed by atoms with Gasteiger partial charge in [0.15, 0.2) is 0 Å². The first-order valence-corrected chi connectivity index (χ1v) is 8.42. The molecule has 6 nitrogen and oxygen atoms in total. The Bertz CT molecular complexity index is 985. The number of nitrogens with zero attached hydrogens (tertiary/aromatic N) is 3. The molecule has 1 amide bonds. The van der Waals surface area contributed by atoms with Gasteiger partial charge in [-0.3, -0.25) is 4.79 Å². The first-order valence-electron chi connectivity index (χ1n) is 8.42. The van der Waals surface area contributed by atoms with Crippen molar-refractivity contribution in [3.8, 4) is 6.07 Å². The number of hydrogen-bond acceptors (Lipinski definition) is 4. The molecule has 0 aliphatic carbocycles. The molecule has 2 aromatic heterocycles. The van der Waals surface area contributed by atoms with Gasteiger partial charge in [-0.05, 0) is 26.0 Å². The Morgan fingerprint density at radius 2 is 2.19 bits per heavy atom. The van der Waals surface area contributed by atoms with Crippen molar-refractivity contribution in [1.29, 1.82) is 5.26 Å². The lowest BCUT2D eigenvalue weighted by atomic mass is 10.1. The summed E-state index contributed by atoms with van der Waals surface area (Å²) in [6.45, 7) is 4.59. The van der Waals surface area contributed by atoms with Gasteiger partial charge >= 0.3 is 0 Å². The smallest absolute Gasteiger partial charge is 0.244 e. The van der Waals surface area contributed by atoms with E-state index in [9.17, 15) is 4.79 Å². The van der Waals surface area contributed by atoms with E-state index in [1.54, 1.807) is 6.08 Å². The molecule has 0 fully saturated rings. The number of aromatic nitrogens is 2. The van der Waals surface area contributed by atoms with E-state index in [1.165, 1.54) is 6.08 Å². The van der Waals surface area contributed by atoms with Gasteiger partial charge in [0.25, 0.3) is 0 Å². The average Bonchev–Trinajstić information content (AvgIpc) is 3.16. The van der Waals surface area contributed by atoms with Gasteiger partial charge in [0.05, 0.1) is 24.7 Å². The number of rotatable bonds is 6. The Balaban J connectivity index is 1.71. The van der Waals surface area contributed by atoms with E-state index in [4.69, 9.17) is 9.68 Å². The molecule has 6 heteroatoms. The van der Waals surface area contributed by atoms with Crippen LogP contribution >= 0.6 is 0 Å². The maximum absolute atomic E-state index is 12.1. The van der Waals surface area contributed by atoms with Crippen molar-refractivity contribution in [3.63, 3.8) is 0 Å². The highest BCUT2D eigenvalue weighted by Gasteiger charge is 2.08. The highest BCUT2D eigenvalue weighted by atomic mass is 16.4. The number of nitriles is 1. The molecular formula is C20H20N4O2. The number of amides is 1. The molecule has 1 aromatic carbocycles. The summed E-state index contributed by atoms with van der Waals surface area (Å²) in [5, 5.41) is 12.6. The average molecular weight is 348 g/mol. The second kappa shape index (κ2) is 7.70. The lowest BCUT2D eigenvalue weighted by Gasteiger charge is -2.00. The Hall–Kier alpha value is -3.33. The minimum Gasteiger partial charge on any atom is -0.444 e. The van der Waals surface area contributed by atoms with Crippen molar-refractivity contribution in [2.24, 2.45) is 0 Å². The van der Waals surface area contributed by atoms with E-state index < -0.39 is 0 Å². The number of fused-ring (bicyclic) bond motifs is 1. The highest BCUT2D eigenvalue weighted by molar-refractivity contribution is 5.96. The highest BCUT2D eigenvalue weighted by Crippen LogP contribution is 2.22. The standard InChI is InChI=1S/C20H20N4O2/c1-14-15(2)26-20(23-14)12-22-19(25)9-8-16-13-24(11-5-10-21)18-7-4-3-6-17(16)18/h3-4,6-9,13H,5,11-12H2,1-2H3,(H,22,25)/b9-8+. The lowest BCUT2D eigenvalue weighted by molar-refractivity contribution is -0.116. The molecule has 26 heavy (non-hydrogen) atoms. The predicted molar refractivity (Wildman–Crippen MR) is 99.0 cm³/mol. The molecule has 0 bridgehead atoms. The zero-order valence-corrected chi connectivity index (χ0v) is 14.8. The van der Waals surface area contributed by atoms with Crippen LogP contribution < -0.4 is 5.32 Å². The SMILES string of the molecule is Cc1nc(CNC(=O)/C=C/c2cn(CCC#N)c3ccccc23)oc1C. The Morgan fingerprint density at radius 1 is 1.38 bits per heavy atom. The van der Waals surface area contributed by atoms with Gasteiger partial charge in [0.2, 0.25) is 11.8 Å². The van der Waals surface area contributed by atoms with E-state index in [1.807, 2.05) is 48.9 Å². The van der Waals surface area contributed by atoms with E-state index in [0.717, 1.165) is 27.9 Å². The maximum atomic E-state index is 12.1. The molecule has 0 saturated carbocycles. The van der Waals surface area contributed by atoms with Crippen molar-refractivity contribution in [1.82, 2.24) is 14.9 Å². The minimum absolute atomic E-state index is 0.215. The monoisotopic (exact) mass is 348 g/mol. The number of carbonyl (C=O) groups is 1. The van der Waals surface area contributed by atoms with Crippen LogP contribution in [0.2, 0.25) is 0 Å². The molecule has 3 rings (SSSR count). The maximum Gasteiger partial charge on any atom is 0.244 e. The number of benzene rings is 1. The Kier molecular flexibility index (Phi) is 5.18. The molecule has 0 aliphatic rings. The Morgan fingerprint density at radius 3 is 2.92 bits per heavy atom. The molecule has 0 spiro atoms. The summed E-state index contributed by atoms with van der Waals surface area (Å²) in [5.74, 6) is 1.04. The summed E-state index contributed by atoms with van der Waals surface area (Å²) in [6.07, 6.45) is 5.69. The largest absolute Gasteiger partial charge is 0.444 e. The quantitative estimate of drug-likeness (QED) is 0.691. The number of oxazole rings is 1. The molecule has 3 aromatic rings. The second-order valence-corrected chi connectivity index (χ2v) is 6.00. The van der Waals surface area contributed by atoms with Crippen LogP contribution in [0.3, 0.4) is 0 Å². The van der Waals surface area contributed by atoms with Crippen molar-refractivity contribution in [3.05, 3.63) is 59.4 Å². The minimum atomic E-state index is -0.215. The third-order valence-corrected chi connectivity index (χ3v) is 4.18. The summed E-state index contributed by atoms with van der Waals surface area (Å²) < 4.78 is 7.48. The summed E-state index contributed by atoms with van der Waals surface area (Å²) >= 11 is 0. The molecule has 0 unspecified atom stereocenters. The number of para-hydroxylation sites is 1. The second-order valence-electron chi connectivity index (χ2n) is 6.00. The normalized spacial score (nSPS) is 11.1. The van der Waals surface area contributed by atoms with Crippen molar-refractivity contribution < 1.29 is 9.21 Å². The van der Waals surface area contributed by atoms with Gasteiger partial charge in [0.1, 0.15) is 5.76 Å². The molecule has 2 heterocycles. The fourth-order valence-electron chi connectivity index (χ4n) is 2.77. The van der Waals surface area contributed by atoms with Crippen LogP contribution in [0.25, 0.3) is 17.0 Å². The van der Waals surface area contributed by atoms with Crippen LogP contribution in [-0.4, -0.2) is 15.5 Å². The van der Waals surface area contributed by atoms with Crippen LogP contribution in [0.1, 0.15) is 29.3 Å². The van der Waals surface area contributed by atoms with Gasteiger partial charge in [-0.15, -0.1) is 0 Å². The first kappa shape index (κ1) is 17.5. The number of aryl methyl sites for hydroxylation is 3. The zero-order chi connectivity index (χ0) is 18.5. The van der Waals surface area contributed by atoms with Crippen LogP contribution in [0.15, 0.2) is 41.0 Å². The van der Waals surface area contributed by atoms with Crippen molar-refractivity contribution in [2.75, 3.05) is 0 Å². The number of hydrogen-bond donors (Lipinski definition) is 1. The van der Waals surface area contributed by atoms with Gasteiger partial charge < -0.3 is 14.3 Å². The third kappa shape index (κ3) is 3.83. The molecule has 0 aliphatic heterocycles. The molecule has 0 saturated heterocycles. The molecular weight excluding hydrogens is 328 g/mol. The summed E-state index contributed by atoms with van der Waals surface area (Å²) in [6, 6.07) is 10.1. The molecule has 132 valence electrons. The molecule has 1 N–H and O–H groups in total. The van der Waals surface area contributed by atoms with E-state index in [-0.39, 0.29) is 12.5 Å². The van der Waals surface area contributed by atoms with Gasteiger partial charge in [-0.1, -0.05) is 18.2 Å². The van der Waals surface area contributed by atoms with Crippen LogP contribution in [0.5, 0.6) is 0 Å². The molecule has 0 radical (unpaired) electrons. The fraction of sp³-hybridized carbons (Fsp3) is 0.250. The zero-order valence-electron chi connectivity index (χ0n) is 14.8. The van der Waals surface area contributed by atoms with Gasteiger partial charge in [0, 0.05) is 35.3 Å². The van der Waals surface area contributed by atoms with Crippen molar-refractivity contribution >= 4 is 22.9 Å². The topological polar surface area (TPSA) is 83.9 Å². The lowest BCUT2D eigenvalue weighted by Crippen LogP contribution is -2.20. The summed E-state index contributed by atoms with van der Waals surface area (Å²) in [5.41, 5.74) is 2.82. The van der Waals surface area contributed by atoms with E-state index in [2.05, 4.69) is 16.4 Å². The van der Waals surface area contributed by atoms with Gasteiger partial charge in [-0.25, -0.2) is 4.98 Å². The number of nitrogens with one attached hydrogen (secondary N) is 1. The van der Waals surface area contributed by atoms with Crippen LogP contribution in [0, 0.1) is 25.2 Å².